The first-order valence-electron chi connectivity index (χ1n) is 5.96. The first-order chi connectivity index (χ1) is 9.53. The van der Waals surface area contributed by atoms with Crippen LogP contribution in [0.15, 0.2) is 35.7 Å². The summed E-state index contributed by atoms with van der Waals surface area (Å²) in [5, 5.41) is 3.52. The van der Waals surface area contributed by atoms with Crippen LogP contribution in [0.1, 0.15) is 12.0 Å². The quantitative estimate of drug-likeness (QED) is 0.727. The Morgan fingerprint density at radius 2 is 2.00 bits per heavy atom. The Morgan fingerprint density at radius 3 is 2.65 bits per heavy atom. The van der Waals surface area contributed by atoms with Gasteiger partial charge in [-0.1, -0.05) is 36.3 Å². The minimum atomic E-state index is -3.55. The van der Waals surface area contributed by atoms with Crippen LogP contribution < -0.4 is 10.0 Å². The number of benzene rings is 1. The highest BCUT2D eigenvalue weighted by atomic mass is 32.2. The molecule has 1 aromatic rings. The topological polar surface area (TPSA) is 75.3 Å². The second-order valence-electron chi connectivity index (χ2n) is 3.88. The minimum absolute atomic E-state index is 0.0257. The first-order valence-corrected chi connectivity index (χ1v) is 7.51. The van der Waals surface area contributed by atoms with Crippen LogP contribution in [0.2, 0.25) is 0 Å². The molecule has 0 aliphatic carbocycles. The van der Waals surface area contributed by atoms with Crippen LogP contribution in [0, 0.1) is 12.3 Å². The molecule has 0 aromatic heterocycles. The molecule has 1 amide bonds. The SMILES string of the molecule is C#CCNC(=O)CCNS(=O)(=O)/C=C/c1ccccc1. The molecule has 5 nitrogen and oxygen atoms in total. The highest BCUT2D eigenvalue weighted by Gasteiger charge is 2.06. The lowest BCUT2D eigenvalue weighted by Crippen LogP contribution is -2.29. The minimum Gasteiger partial charge on any atom is -0.345 e. The van der Waals surface area contributed by atoms with Gasteiger partial charge in [-0.15, -0.1) is 6.42 Å². The smallest absolute Gasteiger partial charge is 0.233 e. The van der Waals surface area contributed by atoms with E-state index < -0.39 is 10.0 Å². The van der Waals surface area contributed by atoms with Gasteiger partial charge in [-0.2, -0.15) is 0 Å². The number of carbonyl (C=O) groups excluding carboxylic acids is 1. The molecular formula is C14H16N2O3S. The zero-order valence-electron chi connectivity index (χ0n) is 10.9. The molecule has 1 aromatic carbocycles. The van der Waals surface area contributed by atoms with Crippen molar-refractivity contribution in [1.82, 2.24) is 10.0 Å². The molecule has 0 heterocycles. The summed E-state index contributed by atoms with van der Waals surface area (Å²) in [6.45, 7) is 0.164. The monoisotopic (exact) mass is 292 g/mol. The normalized spacial score (nSPS) is 11.2. The largest absolute Gasteiger partial charge is 0.345 e. The zero-order valence-corrected chi connectivity index (χ0v) is 11.7. The second kappa shape index (κ2) is 8.15. The predicted molar refractivity (Wildman–Crippen MR) is 78.9 cm³/mol. The number of sulfonamides is 1. The van der Waals surface area contributed by atoms with E-state index in [1.807, 2.05) is 18.2 Å². The number of carbonyl (C=O) groups is 1. The lowest BCUT2D eigenvalue weighted by atomic mass is 10.2. The average molecular weight is 292 g/mol. The van der Waals surface area contributed by atoms with Gasteiger partial charge in [0, 0.05) is 18.4 Å². The Morgan fingerprint density at radius 1 is 1.30 bits per heavy atom. The summed E-state index contributed by atoms with van der Waals surface area (Å²) < 4.78 is 25.6. The van der Waals surface area contributed by atoms with Gasteiger partial charge in [0.25, 0.3) is 0 Å². The summed E-state index contributed by atoms with van der Waals surface area (Å²) in [6, 6.07) is 9.06. The predicted octanol–water partition coefficient (Wildman–Crippen LogP) is 0.716. The Balaban J connectivity index is 2.41. The van der Waals surface area contributed by atoms with E-state index in [1.54, 1.807) is 12.1 Å². The second-order valence-corrected chi connectivity index (χ2v) is 5.53. The Kier molecular flexibility index (Phi) is 6.50. The van der Waals surface area contributed by atoms with Gasteiger partial charge in [-0.3, -0.25) is 4.79 Å². The van der Waals surface area contributed by atoms with Crippen LogP contribution in [0.5, 0.6) is 0 Å². The van der Waals surface area contributed by atoms with Gasteiger partial charge in [0.1, 0.15) is 0 Å². The first kappa shape index (κ1) is 16.0. The number of amides is 1. The van der Waals surface area contributed by atoms with Gasteiger partial charge in [0.2, 0.25) is 15.9 Å². The van der Waals surface area contributed by atoms with Crippen LogP contribution in [0.3, 0.4) is 0 Å². The van der Waals surface area contributed by atoms with E-state index in [2.05, 4.69) is 16.0 Å². The van der Waals surface area contributed by atoms with Crippen molar-refractivity contribution in [2.75, 3.05) is 13.1 Å². The van der Waals surface area contributed by atoms with Crippen LogP contribution in [0.4, 0.5) is 0 Å². The molecule has 6 heteroatoms. The summed E-state index contributed by atoms with van der Waals surface area (Å²) in [6.07, 6.45) is 6.51. The Bertz CT molecular complexity index is 601. The van der Waals surface area contributed by atoms with Crippen LogP contribution in [0.25, 0.3) is 6.08 Å². The van der Waals surface area contributed by atoms with Gasteiger partial charge in [0.15, 0.2) is 0 Å². The summed E-state index contributed by atoms with van der Waals surface area (Å²) in [4.78, 5) is 11.2. The fourth-order valence-electron chi connectivity index (χ4n) is 1.33. The van der Waals surface area contributed by atoms with E-state index in [0.29, 0.717) is 0 Å². The van der Waals surface area contributed by atoms with Crippen molar-refractivity contribution in [3.8, 4) is 12.3 Å². The fraction of sp³-hybridized carbons (Fsp3) is 0.214. The Labute approximate surface area is 119 Å². The van der Waals surface area contributed by atoms with Gasteiger partial charge in [0.05, 0.1) is 6.54 Å². The van der Waals surface area contributed by atoms with Gasteiger partial charge in [-0.05, 0) is 11.6 Å². The summed E-state index contributed by atoms with van der Waals surface area (Å²) >= 11 is 0. The maximum Gasteiger partial charge on any atom is 0.233 e. The van der Waals surface area contributed by atoms with Crippen molar-refractivity contribution in [1.29, 1.82) is 0 Å². The number of hydrogen-bond donors (Lipinski definition) is 2. The molecular weight excluding hydrogens is 276 g/mol. The molecule has 0 spiro atoms. The van der Waals surface area contributed by atoms with E-state index in [-0.39, 0.29) is 25.4 Å². The van der Waals surface area contributed by atoms with Crippen LogP contribution >= 0.6 is 0 Å². The third-order valence-corrected chi connectivity index (χ3v) is 3.38. The highest BCUT2D eigenvalue weighted by molar-refractivity contribution is 7.92. The van der Waals surface area contributed by atoms with Crippen molar-refractivity contribution >= 4 is 22.0 Å². The molecule has 106 valence electrons. The van der Waals surface area contributed by atoms with Crippen molar-refractivity contribution in [3.63, 3.8) is 0 Å². The van der Waals surface area contributed by atoms with Crippen molar-refractivity contribution < 1.29 is 13.2 Å². The molecule has 0 aliphatic heterocycles. The van der Waals surface area contributed by atoms with Crippen LogP contribution in [-0.4, -0.2) is 27.4 Å². The van der Waals surface area contributed by atoms with Crippen LogP contribution in [-0.2, 0) is 14.8 Å². The molecule has 2 N–H and O–H groups in total. The maximum atomic E-state index is 11.6. The van der Waals surface area contributed by atoms with E-state index in [9.17, 15) is 13.2 Å². The highest BCUT2D eigenvalue weighted by Crippen LogP contribution is 2.02. The molecule has 0 bridgehead atoms. The lowest BCUT2D eigenvalue weighted by molar-refractivity contribution is -0.120. The van der Waals surface area contributed by atoms with Crippen molar-refractivity contribution in [2.24, 2.45) is 0 Å². The average Bonchev–Trinajstić information content (AvgIpc) is 2.44. The molecule has 20 heavy (non-hydrogen) atoms. The maximum absolute atomic E-state index is 11.6. The standard InChI is InChI=1S/C14H16N2O3S/c1-2-10-15-14(17)8-11-16-20(18,19)12-9-13-6-4-3-5-7-13/h1,3-7,9,12,16H,8,10-11H2,(H,15,17)/b12-9+. The van der Waals surface area contributed by atoms with E-state index >= 15 is 0 Å². The zero-order chi connectivity index (χ0) is 14.8. The van der Waals surface area contributed by atoms with Gasteiger partial charge < -0.3 is 5.32 Å². The fourth-order valence-corrected chi connectivity index (χ4v) is 2.14. The number of nitrogens with one attached hydrogen (secondary N) is 2. The molecule has 0 saturated heterocycles. The Hall–Kier alpha value is -2.10. The number of terminal acetylenes is 1. The summed E-state index contributed by atoms with van der Waals surface area (Å²) in [5.41, 5.74) is 0.782. The summed E-state index contributed by atoms with van der Waals surface area (Å²) in [5.74, 6) is 1.97. The van der Waals surface area contributed by atoms with E-state index in [0.717, 1.165) is 11.0 Å². The van der Waals surface area contributed by atoms with Crippen molar-refractivity contribution in [3.05, 3.63) is 41.3 Å². The molecule has 0 aliphatic rings. The molecule has 1 rings (SSSR count). The van der Waals surface area contributed by atoms with Gasteiger partial charge >= 0.3 is 0 Å². The van der Waals surface area contributed by atoms with E-state index in [1.165, 1.54) is 6.08 Å². The molecule has 0 radical (unpaired) electrons. The van der Waals surface area contributed by atoms with Gasteiger partial charge in [-0.25, -0.2) is 13.1 Å². The molecule has 0 fully saturated rings. The molecule has 0 atom stereocenters. The third-order valence-electron chi connectivity index (χ3n) is 2.28. The molecule has 0 saturated carbocycles. The molecule has 0 unspecified atom stereocenters. The van der Waals surface area contributed by atoms with E-state index in [4.69, 9.17) is 6.42 Å². The van der Waals surface area contributed by atoms with Crippen molar-refractivity contribution in [2.45, 2.75) is 6.42 Å². The summed E-state index contributed by atoms with van der Waals surface area (Å²) in [7, 11) is -3.55. The lowest BCUT2D eigenvalue weighted by Gasteiger charge is -2.03. The third kappa shape index (κ3) is 6.73. The number of rotatable bonds is 7. The number of hydrogen-bond acceptors (Lipinski definition) is 3.